The zero-order valence-corrected chi connectivity index (χ0v) is 11.4. The molecule has 2 rings (SSSR count). The van der Waals surface area contributed by atoms with Gasteiger partial charge in [-0.3, -0.25) is 9.88 Å². The van der Waals surface area contributed by atoms with Crippen LogP contribution in [0.3, 0.4) is 0 Å². The van der Waals surface area contributed by atoms with E-state index in [1.807, 2.05) is 12.4 Å². The molecule has 3 nitrogen and oxygen atoms in total. The standard InChI is InChI=1S/C14H19N3S/c1-17(8-4-12-2-6-16-7-3-12)14(10-15)13-5-9-18-11-13/h2-3,5-7,9,11,14H,4,8,10,15H2,1H3. The van der Waals surface area contributed by atoms with Crippen molar-refractivity contribution in [3.8, 4) is 0 Å². The molecule has 0 fully saturated rings. The summed E-state index contributed by atoms with van der Waals surface area (Å²) in [6.45, 7) is 1.66. The summed E-state index contributed by atoms with van der Waals surface area (Å²) in [6, 6.07) is 6.61. The number of pyridine rings is 1. The molecule has 0 bridgehead atoms. The Morgan fingerprint density at radius 2 is 2.11 bits per heavy atom. The Morgan fingerprint density at radius 1 is 1.33 bits per heavy atom. The van der Waals surface area contributed by atoms with Crippen molar-refractivity contribution in [2.75, 3.05) is 20.1 Å². The molecule has 18 heavy (non-hydrogen) atoms. The second-order valence-corrected chi connectivity index (χ2v) is 5.17. The molecule has 96 valence electrons. The fourth-order valence-electron chi connectivity index (χ4n) is 2.05. The first-order valence-corrected chi connectivity index (χ1v) is 7.07. The van der Waals surface area contributed by atoms with Gasteiger partial charge in [-0.15, -0.1) is 0 Å². The summed E-state index contributed by atoms with van der Waals surface area (Å²) in [4.78, 5) is 6.35. The number of thiophene rings is 1. The summed E-state index contributed by atoms with van der Waals surface area (Å²) in [5.41, 5.74) is 8.52. The summed E-state index contributed by atoms with van der Waals surface area (Å²) in [6.07, 6.45) is 4.71. The lowest BCUT2D eigenvalue weighted by atomic mass is 10.1. The van der Waals surface area contributed by atoms with E-state index in [9.17, 15) is 0 Å². The van der Waals surface area contributed by atoms with Gasteiger partial charge in [-0.2, -0.15) is 11.3 Å². The molecule has 2 aromatic heterocycles. The van der Waals surface area contributed by atoms with Crippen molar-refractivity contribution in [2.45, 2.75) is 12.5 Å². The second-order valence-electron chi connectivity index (χ2n) is 4.39. The monoisotopic (exact) mass is 261 g/mol. The molecule has 0 saturated heterocycles. The van der Waals surface area contributed by atoms with Crippen LogP contribution in [0.2, 0.25) is 0 Å². The van der Waals surface area contributed by atoms with Crippen LogP contribution in [0.5, 0.6) is 0 Å². The number of hydrogen-bond donors (Lipinski definition) is 1. The van der Waals surface area contributed by atoms with Crippen molar-refractivity contribution in [3.05, 3.63) is 52.5 Å². The largest absolute Gasteiger partial charge is 0.329 e. The zero-order valence-electron chi connectivity index (χ0n) is 10.6. The smallest absolute Gasteiger partial charge is 0.0475 e. The van der Waals surface area contributed by atoms with Crippen LogP contribution < -0.4 is 5.73 Å². The first-order valence-electron chi connectivity index (χ1n) is 6.12. The molecule has 0 amide bonds. The molecule has 4 heteroatoms. The average molecular weight is 261 g/mol. The molecule has 1 atom stereocenters. The Labute approximate surface area is 112 Å². The van der Waals surface area contributed by atoms with Crippen LogP contribution >= 0.6 is 11.3 Å². The van der Waals surface area contributed by atoms with E-state index in [-0.39, 0.29) is 0 Å². The van der Waals surface area contributed by atoms with Crippen LogP contribution in [0.25, 0.3) is 0 Å². The summed E-state index contributed by atoms with van der Waals surface area (Å²) >= 11 is 1.72. The number of aromatic nitrogens is 1. The molecule has 0 aliphatic heterocycles. The van der Waals surface area contributed by atoms with Gasteiger partial charge in [0.25, 0.3) is 0 Å². The molecular weight excluding hydrogens is 242 g/mol. The van der Waals surface area contributed by atoms with Crippen molar-refractivity contribution in [1.82, 2.24) is 9.88 Å². The van der Waals surface area contributed by atoms with E-state index in [1.54, 1.807) is 11.3 Å². The topological polar surface area (TPSA) is 42.2 Å². The fourth-order valence-corrected chi connectivity index (χ4v) is 2.75. The summed E-state index contributed by atoms with van der Waals surface area (Å²) in [7, 11) is 2.14. The van der Waals surface area contributed by atoms with Gasteiger partial charge >= 0.3 is 0 Å². The second kappa shape index (κ2) is 6.64. The van der Waals surface area contributed by atoms with E-state index in [4.69, 9.17) is 5.73 Å². The maximum atomic E-state index is 5.89. The average Bonchev–Trinajstić information content (AvgIpc) is 2.92. The van der Waals surface area contributed by atoms with Gasteiger partial charge in [0, 0.05) is 31.5 Å². The third kappa shape index (κ3) is 3.38. The van der Waals surface area contributed by atoms with Gasteiger partial charge in [0.05, 0.1) is 0 Å². The van der Waals surface area contributed by atoms with Gasteiger partial charge in [0.15, 0.2) is 0 Å². The molecule has 0 aromatic carbocycles. The van der Waals surface area contributed by atoms with Gasteiger partial charge in [0.1, 0.15) is 0 Å². The number of hydrogen-bond acceptors (Lipinski definition) is 4. The number of nitrogens with two attached hydrogens (primary N) is 1. The number of rotatable bonds is 6. The summed E-state index contributed by atoms with van der Waals surface area (Å²) < 4.78 is 0. The molecule has 0 aliphatic rings. The van der Waals surface area contributed by atoms with Gasteiger partial charge in [-0.1, -0.05) is 0 Å². The Morgan fingerprint density at radius 3 is 2.72 bits per heavy atom. The Kier molecular flexibility index (Phi) is 4.87. The molecular formula is C14H19N3S. The maximum Gasteiger partial charge on any atom is 0.0475 e. The highest BCUT2D eigenvalue weighted by molar-refractivity contribution is 7.07. The van der Waals surface area contributed by atoms with E-state index in [2.05, 4.69) is 45.9 Å². The van der Waals surface area contributed by atoms with Crippen molar-refractivity contribution in [1.29, 1.82) is 0 Å². The maximum absolute atomic E-state index is 5.89. The summed E-state index contributed by atoms with van der Waals surface area (Å²) in [5.74, 6) is 0. The highest BCUT2D eigenvalue weighted by atomic mass is 32.1. The molecule has 2 N–H and O–H groups in total. The van der Waals surface area contributed by atoms with E-state index < -0.39 is 0 Å². The Hall–Kier alpha value is -1.23. The van der Waals surface area contributed by atoms with Crippen LogP contribution in [-0.2, 0) is 6.42 Å². The molecule has 0 spiro atoms. The van der Waals surface area contributed by atoms with Gasteiger partial charge in [-0.05, 0) is 53.6 Å². The molecule has 0 radical (unpaired) electrons. The van der Waals surface area contributed by atoms with Crippen LogP contribution in [0.15, 0.2) is 41.4 Å². The molecule has 0 aliphatic carbocycles. The van der Waals surface area contributed by atoms with E-state index in [0.717, 1.165) is 13.0 Å². The molecule has 0 saturated carbocycles. The Bertz CT molecular complexity index is 441. The van der Waals surface area contributed by atoms with Gasteiger partial charge < -0.3 is 5.73 Å². The highest BCUT2D eigenvalue weighted by Gasteiger charge is 2.15. The third-order valence-electron chi connectivity index (χ3n) is 3.19. The molecule has 2 heterocycles. The van der Waals surface area contributed by atoms with Crippen LogP contribution in [0.1, 0.15) is 17.2 Å². The lowest BCUT2D eigenvalue weighted by molar-refractivity contribution is 0.253. The van der Waals surface area contributed by atoms with Crippen LogP contribution in [0.4, 0.5) is 0 Å². The quantitative estimate of drug-likeness (QED) is 0.867. The van der Waals surface area contributed by atoms with E-state index in [0.29, 0.717) is 12.6 Å². The minimum Gasteiger partial charge on any atom is -0.329 e. The normalized spacial score (nSPS) is 12.8. The van der Waals surface area contributed by atoms with E-state index >= 15 is 0 Å². The number of likely N-dealkylation sites (N-methyl/N-ethyl adjacent to an activating group) is 1. The predicted octanol–water partition coefficient (Wildman–Crippen LogP) is 2.32. The molecule has 2 aromatic rings. The van der Waals surface area contributed by atoms with Gasteiger partial charge in [0.2, 0.25) is 0 Å². The molecule has 1 unspecified atom stereocenters. The lowest BCUT2D eigenvalue weighted by Gasteiger charge is -2.26. The summed E-state index contributed by atoms with van der Waals surface area (Å²) in [5, 5.41) is 4.29. The van der Waals surface area contributed by atoms with Crippen LogP contribution in [-0.4, -0.2) is 30.0 Å². The lowest BCUT2D eigenvalue weighted by Crippen LogP contribution is -2.31. The highest BCUT2D eigenvalue weighted by Crippen LogP contribution is 2.20. The Balaban J connectivity index is 1.92. The SMILES string of the molecule is CN(CCc1ccncc1)C(CN)c1ccsc1. The number of nitrogens with zero attached hydrogens (tertiary/aromatic N) is 2. The minimum atomic E-state index is 0.318. The fraction of sp³-hybridized carbons (Fsp3) is 0.357. The van der Waals surface area contributed by atoms with Crippen molar-refractivity contribution >= 4 is 11.3 Å². The van der Waals surface area contributed by atoms with Crippen LogP contribution in [0, 0.1) is 0 Å². The van der Waals surface area contributed by atoms with Crippen molar-refractivity contribution in [2.24, 2.45) is 5.73 Å². The first-order chi connectivity index (χ1) is 8.81. The first kappa shape index (κ1) is 13.2. The van der Waals surface area contributed by atoms with Crippen molar-refractivity contribution in [3.63, 3.8) is 0 Å². The minimum absolute atomic E-state index is 0.318. The van der Waals surface area contributed by atoms with Crippen molar-refractivity contribution < 1.29 is 0 Å². The third-order valence-corrected chi connectivity index (χ3v) is 3.89. The van der Waals surface area contributed by atoms with Gasteiger partial charge in [-0.25, -0.2) is 0 Å². The zero-order chi connectivity index (χ0) is 12.8. The predicted molar refractivity (Wildman–Crippen MR) is 76.7 cm³/mol. The van der Waals surface area contributed by atoms with E-state index in [1.165, 1.54) is 11.1 Å².